The minimum absolute atomic E-state index is 0.336. The highest BCUT2D eigenvalue weighted by atomic mass is 79.9. The average molecular weight is 1470 g/mol. The third-order valence-corrected chi connectivity index (χ3v) is 13.6. The van der Waals surface area contributed by atoms with Gasteiger partial charge in [-0.05, 0) is 182 Å². The fourth-order valence-corrected chi connectivity index (χ4v) is 14.2. The van der Waals surface area contributed by atoms with Crippen LogP contribution in [0.5, 0.6) is 0 Å². The predicted octanol–water partition coefficient (Wildman–Crippen LogP) is 14.3. The Bertz CT molecular complexity index is 1700. The van der Waals surface area contributed by atoms with Crippen molar-refractivity contribution in [2.45, 2.75) is 6.42 Å². The standard InChI is InChI=1S/C31H16Br12N4O4/c32-10-1-16(36)24(17(37)2-10)44-28(48)14(29(49)45-25-18(38)3-11(33)4-19(25)39)9-15(30(50)46-26-20(40)5-12(34)6-21(26)41)31(51)47-27-22(42)7-13(35)8-23(27)43/h1-8,14-15H,9H2,(H,44,48)(H,45,49)(H,46,50)(H,47,51). The smallest absolute Gasteiger partial charge is 0.237 e. The van der Waals surface area contributed by atoms with Gasteiger partial charge >= 0.3 is 0 Å². The average Bonchev–Trinajstić information content (AvgIpc) is 3.00. The Kier molecular flexibility index (Phi) is 17.0. The fourth-order valence-electron chi connectivity index (χ4n) is 4.39. The van der Waals surface area contributed by atoms with Crippen LogP contribution >= 0.6 is 191 Å². The van der Waals surface area contributed by atoms with Crippen LogP contribution in [0.2, 0.25) is 0 Å². The predicted molar refractivity (Wildman–Crippen MR) is 244 cm³/mol. The second-order valence-electron chi connectivity index (χ2n) is 10.3. The summed E-state index contributed by atoms with van der Waals surface area (Å²) in [4.78, 5) is 56.7. The lowest BCUT2D eigenvalue weighted by molar-refractivity contribution is -0.133. The molecule has 0 saturated carbocycles. The molecule has 268 valence electrons. The van der Waals surface area contributed by atoms with E-state index < -0.39 is 41.9 Å². The van der Waals surface area contributed by atoms with Gasteiger partial charge in [0.2, 0.25) is 23.6 Å². The Labute approximate surface area is 392 Å². The minimum atomic E-state index is -1.58. The number of nitrogens with one attached hydrogen (secondary N) is 4. The second-order valence-corrected chi connectivity index (χ2v) is 20.8. The maximum Gasteiger partial charge on any atom is 0.237 e. The molecule has 4 rings (SSSR count). The van der Waals surface area contributed by atoms with Crippen LogP contribution in [0.25, 0.3) is 0 Å². The van der Waals surface area contributed by atoms with E-state index in [1.54, 1.807) is 48.5 Å². The van der Waals surface area contributed by atoms with E-state index in [9.17, 15) is 19.2 Å². The molecule has 8 nitrogen and oxygen atoms in total. The SMILES string of the molecule is O=C(Nc1c(Br)cc(Br)cc1Br)C(CC(C(=O)Nc1c(Br)cc(Br)cc1Br)C(=O)Nc1c(Br)cc(Br)cc1Br)C(=O)Nc1c(Br)cc(Br)cc1Br. The number of amides is 4. The molecule has 0 aliphatic rings. The molecule has 0 aromatic heterocycles. The van der Waals surface area contributed by atoms with E-state index in [0.717, 1.165) is 17.9 Å². The molecule has 0 bridgehead atoms. The Morgan fingerprint density at radius 2 is 0.510 bits per heavy atom. The number of benzene rings is 4. The fraction of sp³-hybridized carbons (Fsp3) is 0.0968. The van der Waals surface area contributed by atoms with Crippen molar-refractivity contribution in [3.63, 3.8) is 0 Å². The van der Waals surface area contributed by atoms with Crippen molar-refractivity contribution in [2.75, 3.05) is 21.3 Å². The van der Waals surface area contributed by atoms with Gasteiger partial charge in [0.15, 0.2) is 0 Å². The van der Waals surface area contributed by atoms with E-state index >= 15 is 0 Å². The minimum Gasteiger partial charge on any atom is -0.323 e. The van der Waals surface area contributed by atoms with Crippen LogP contribution in [-0.2, 0) is 19.2 Å². The number of rotatable bonds is 10. The Morgan fingerprint density at radius 1 is 0.353 bits per heavy atom. The van der Waals surface area contributed by atoms with Gasteiger partial charge in [-0.25, -0.2) is 0 Å². The van der Waals surface area contributed by atoms with E-state index in [4.69, 9.17) is 0 Å². The molecule has 0 atom stereocenters. The molecular formula is C31H16Br12N4O4. The number of halogens is 12. The monoisotopic (exact) mass is 1460 g/mol. The van der Waals surface area contributed by atoms with Crippen LogP contribution in [0, 0.1) is 11.8 Å². The van der Waals surface area contributed by atoms with Gasteiger partial charge in [0.05, 0.1) is 22.7 Å². The molecule has 4 N–H and O–H groups in total. The van der Waals surface area contributed by atoms with Gasteiger partial charge in [0, 0.05) is 53.7 Å². The quantitative estimate of drug-likeness (QED) is 0.118. The summed E-state index contributed by atoms with van der Waals surface area (Å²) in [6.07, 6.45) is -0.537. The number of hydrogen-bond donors (Lipinski definition) is 4. The van der Waals surface area contributed by atoms with E-state index in [1.165, 1.54) is 0 Å². The largest absolute Gasteiger partial charge is 0.323 e. The first-order valence-electron chi connectivity index (χ1n) is 13.7. The normalized spacial score (nSPS) is 11.1. The van der Waals surface area contributed by atoms with Gasteiger partial charge in [-0.2, -0.15) is 0 Å². The molecule has 0 fully saturated rings. The second kappa shape index (κ2) is 19.6. The summed E-state index contributed by atoms with van der Waals surface area (Å²) in [5.41, 5.74) is 1.34. The van der Waals surface area contributed by atoms with Crippen molar-refractivity contribution >= 4 is 238 Å². The third-order valence-electron chi connectivity index (χ3n) is 6.76. The van der Waals surface area contributed by atoms with Crippen molar-refractivity contribution in [3.8, 4) is 0 Å². The van der Waals surface area contributed by atoms with Gasteiger partial charge < -0.3 is 21.3 Å². The summed E-state index contributed by atoms with van der Waals surface area (Å²) >= 11 is 41.3. The lowest BCUT2D eigenvalue weighted by Gasteiger charge is -2.24. The topological polar surface area (TPSA) is 116 Å². The molecule has 0 radical (unpaired) electrons. The van der Waals surface area contributed by atoms with Gasteiger partial charge in [0.1, 0.15) is 11.8 Å². The first-order chi connectivity index (χ1) is 23.9. The zero-order chi connectivity index (χ0) is 37.9. The highest BCUT2D eigenvalue weighted by molar-refractivity contribution is 9.13. The van der Waals surface area contributed by atoms with Gasteiger partial charge in [-0.3, -0.25) is 19.2 Å². The summed E-state index contributed by atoms with van der Waals surface area (Å²) in [7, 11) is 0. The van der Waals surface area contributed by atoms with E-state index in [1.807, 2.05) is 0 Å². The van der Waals surface area contributed by atoms with Gasteiger partial charge in [-0.1, -0.05) is 63.7 Å². The van der Waals surface area contributed by atoms with Gasteiger partial charge in [0.25, 0.3) is 0 Å². The molecule has 0 unspecified atom stereocenters. The molecule has 20 heteroatoms. The Morgan fingerprint density at radius 3 is 0.667 bits per heavy atom. The van der Waals surface area contributed by atoms with Crippen LogP contribution < -0.4 is 21.3 Å². The Hall–Kier alpha value is 0.520. The van der Waals surface area contributed by atoms with Crippen LogP contribution in [-0.4, -0.2) is 23.6 Å². The van der Waals surface area contributed by atoms with Crippen molar-refractivity contribution in [2.24, 2.45) is 11.8 Å². The van der Waals surface area contributed by atoms with Crippen LogP contribution in [0.4, 0.5) is 22.7 Å². The maximum atomic E-state index is 14.2. The zero-order valence-electron chi connectivity index (χ0n) is 24.6. The lowest BCUT2D eigenvalue weighted by atomic mass is 9.90. The summed E-state index contributed by atoms with van der Waals surface area (Å²) < 4.78 is 6.98. The summed E-state index contributed by atoms with van der Waals surface area (Å²) in [6.45, 7) is 0. The molecule has 4 aromatic rings. The molecule has 4 aromatic carbocycles. The number of carbonyl (C=O) groups excluding carboxylic acids is 4. The molecule has 0 aliphatic carbocycles. The summed E-state index contributed by atoms with van der Waals surface area (Å²) in [6, 6.07) is 13.8. The number of carbonyl (C=O) groups is 4. The molecular weight excluding hydrogens is 1450 g/mol. The van der Waals surface area contributed by atoms with Crippen LogP contribution in [0.15, 0.2) is 102 Å². The number of hydrogen-bond acceptors (Lipinski definition) is 4. The van der Waals surface area contributed by atoms with Crippen LogP contribution in [0.1, 0.15) is 6.42 Å². The van der Waals surface area contributed by atoms with E-state index in [0.29, 0.717) is 58.5 Å². The van der Waals surface area contributed by atoms with Crippen LogP contribution in [0.3, 0.4) is 0 Å². The number of anilines is 4. The molecule has 4 amide bonds. The third kappa shape index (κ3) is 11.8. The van der Waals surface area contributed by atoms with Crippen molar-refractivity contribution in [1.82, 2.24) is 0 Å². The molecule has 51 heavy (non-hydrogen) atoms. The highest BCUT2D eigenvalue weighted by Gasteiger charge is 2.38. The van der Waals surface area contributed by atoms with Crippen molar-refractivity contribution in [1.29, 1.82) is 0 Å². The Balaban J connectivity index is 1.81. The lowest BCUT2D eigenvalue weighted by Crippen LogP contribution is -2.41. The summed E-state index contributed by atoms with van der Waals surface area (Å²) in [5, 5.41) is 11.2. The van der Waals surface area contributed by atoms with E-state index in [2.05, 4.69) is 212 Å². The maximum absolute atomic E-state index is 14.2. The molecule has 0 heterocycles. The molecule has 0 saturated heterocycles. The summed E-state index contributed by atoms with van der Waals surface area (Å²) in [5.74, 6) is -6.26. The first kappa shape index (κ1) is 44.2. The molecule has 0 aliphatic heterocycles. The van der Waals surface area contributed by atoms with Crippen molar-refractivity contribution < 1.29 is 19.2 Å². The molecule has 0 spiro atoms. The first-order valence-corrected chi connectivity index (χ1v) is 23.2. The van der Waals surface area contributed by atoms with Gasteiger partial charge in [-0.15, -0.1) is 0 Å². The zero-order valence-corrected chi connectivity index (χ0v) is 43.7. The highest BCUT2D eigenvalue weighted by Crippen LogP contribution is 2.39. The van der Waals surface area contributed by atoms with E-state index in [-0.39, 0.29) is 0 Å². The van der Waals surface area contributed by atoms with Crippen molar-refractivity contribution in [3.05, 3.63) is 102 Å².